The van der Waals surface area contributed by atoms with Gasteiger partial charge in [-0.25, -0.2) is 9.47 Å². The third-order valence-electron chi connectivity index (χ3n) is 2.14. The van der Waals surface area contributed by atoms with Crippen molar-refractivity contribution in [2.45, 2.75) is 13.5 Å². The number of aryl methyl sites for hydroxylation is 1. The number of nitrogens with zero attached hydrogens (tertiary/aromatic N) is 2. The summed E-state index contributed by atoms with van der Waals surface area (Å²) in [4.78, 5) is 2.25. The molecule has 0 unspecified atom stereocenters. The lowest BCUT2D eigenvalue weighted by Crippen LogP contribution is -2.31. The van der Waals surface area contributed by atoms with Gasteiger partial charge < -0.3 is 0 Å². The van der Waals surface area contributed by atoms with Gasteiger partial charge in [-0.15, -0.1) is 6.42 Å². The van der Waals surface area contributed by atoms with Crippen LogP contribution in [0.15, 0.2) is 5.38 Å². The van der Waals surface area contributed by atoms with Gasteiger partial charge >= 0.3 is 5.13 Å². The molecule has 1 aliphatic heterocycles. The first-order chi connectivity index (χ1) is 5.83. The fourth-order valence-corrected chi connectivity index (χ4v) is 2.58. The lowest BCUT2D eigenvalue weighted by atomic mass is 10.5. The van der Waals surface area contributed by atoms with Crippen molar-refractivity contribution in [1.82, 2.24) is 0 Å². The molecule has 0 N–H and O–H groups in total. The molecule has 2 heterocycles. The summed E-state index contributed by atoms with van der Waals surface area (Å²) in [7, 11) is 0. The summed E-state index contributed by atoms with van der Waals surface area (Å²) >= 11 is 1.78. The zero-order chi connectivity index (χ0) is 8.55. The number of terminal acetylenes is 1. The molecule has 0 radical (unpaired) electrons. The minimum absolute atomic E-state index is 0.736. The number of aromatic nitrogens is 1. The van der Waals surface area contributed by atoms with Gasteiger partial charge in [0.25, 0.3) is 0 Å². The highest BCUT2D eigenvalue weighted by atomic mass is 32.1. The maximum absolute atomic E-state index is 5.28. The molecule has 12 heavy (non-hydrogen) atoms. The Morgan fingerprint density at radius 3 is 3.42 bits per heavy atom. The number of rotatable bonds is 1. The quantitative estimate of drug-likeness (QED) is 0.457. The Labute approximate surface area is 76.4 Å². The average Bonchev–Trinajstić information content (AvgIpc) is 2.58. The van der Waals surface area contributed by atoms with E-state index in [4.69, 9.17) is 6.42 Å². The second kappa shape index (κ2) is 2.80. The summed E-state index contributed by atoms with van der Waals surface area (Å²) < 4.78 is 2.32. The molecule has 0 saturated carbocycles. The molecular formula is C9H11N2S+. The second-order valence-corrected chi connectivity index (χ2v) is 3.77. The smallest absolute Gasteiger partial charge is 0.237 e. The molecule has 62 valence electrons. The summed E-state index contributed by atoms with van der Waals surface area (Å²) in [6.45, 7) is 5.03. The number of fused-ring (bicyclic) bond motifs is 1. The molecule has 3 heteroatoms. The van der Waals surface area contributed by atoms with E-state index in [1.807, 2.05) is 0 Å². The Morgan fingerprint density at radius 2 is 2.67 bits per heavy atom. The number of hydrogen-bond donors (Lipinski definition) is 0. The van der Waals surface area contributed by atoms with E-state index in [1.165, 1.54) is 10.8 Å². The summed E-state index contributed by atoms with van der Waals surface area (Å²) in [6, 6.07) is 0. The molecule has 0 fully saturated rings. The Hall–Kier alpha value is -1.01. The van der Waals surface area contributed by atoms with E-state index in [1.54, 1.807) is 11.3 Å². The van der Waals surface area contributed by atoms with E-state index >= 15 is 0 Å². The maximum atomic E-state index is 5.28. The Kier molecular flexibility index (Phi) is 1.78. The van der Waals surface area contributed by atoms with Crippen molar-refractivity contribution in [3.05, 3.63) is 11.1 Å². The van der Waals surface area contributed by atoms with Gasteiger partial charge in [0, 0.05) is 5.38 Å². The highest BCUT2D eigenvalue weighted by Gasteiger charge is 2.29. The van der Waals surface area contributed by atoms with Crippen molar-refractivity contribution in [1.29, 1.82) is 0 Å². The van der Waals surface area contributed by atoms with Crippen molar-refractivity contribution in [3.8, 4) is 12.3 Å². The maximum Gasteiger partial charge on any atom is 0.337 e. The molecule has 1 aromatic rings. The van der Waals surface area contributed by atoms with Crippen LogP contribution in [0, 0.1) is 19.3 Å². The minimum atomic E-state index is 0.736. The molecule has 2 rings (SSSR count). The molecule has 0 saturated heterocycles. The third-order valence-corrected chi connectivity index (χ3v) is 3.29. The van der Waals surface area contributed by atoms with Crippen LogP contribution in [0.25, 0.3) is 0 Å². The van der Waals surface area contributed by atoms with E-state index in [9.17, 15) is 0 Å². The SMILES string of the molecule is C#CCN1CC[n+]2c(C)csc21. The van der Waals surface area contributed by atoms with Gasteiger partial charge in [0.05, 0.1) is 0 Å². The standard InChI is InChI=1S/C9H11N2S/c1-3-4-10-5-6-11-8(2)7-12-9(10)11/h1,7H,4-6H2,2H3/q+1. The summed E-state index contributed by atoms with van der Waals surface area (Å²) in [5, 5.41) is 3.49. The molecule has 0 aliphatic carbocycles. The van der Waals surface area contributed by atoms with Gasteiger partial charge in [-0.2, -0.15) is 0 Å². The Morgan fingerprint density at radius 1 is 1.83 bits per heavy atom. The second-order valence-electron chi connectivity index (χ2n) is 2.94. The molecule has 1 aromatic heterocycles. The van der Waals surface area contributed by atoms with E-state index in [-0.39, 0.29) is 0 Å². The van der Waals surface area contributed by atoms with E-state index in [2.05, 4.69) is 27.7 Å². The summed E-state index contributed by atoms with van der Waals surface area (Å²) in [5.41, 5.74) is 1.34. The van der Waals surface area contributed by atoms with E-state index < -0.39 is 0 Å². The number of thiazole rings is 1. The van der Waals surface area contributed by atoms with Crippen molar-refractivity contribution >= 4 is 16.5 Å². The molecule has 2 nitrogen and oxygen atoms in total. The zero-order valence-corrected chi connectivity index (χ0v) is 7.90. The Bertz CT molecular complexity index is 335. The van der Waals surface area contributed by atoms with Crippen molar-refractivity contribution < 1.29 is 4.57 Å². The predicted molar refractivity (Wildman–Crippen MR) is 50.3 cm³/mol. The van der Waals surface area contributed by atoms with Crippen LogP contribution in [-0.2, 0) is 6.54 Å². The monoisotopic (exact) mass is 179 g/mol. The van der Waals surface area contributed by atoms with Gasteiger partial charge in [-0.1, -0.05) is 17.3 Å². The van der Waals surface area contributed by atoms with Gasteiger partial charge in [0.2, 0.25) is 0 Å². The molecule has 0 spiro atoms. The molecule has 0 amide bonds. The molecule has 0 bridgehead atoms. The molecular weight excluding hydrogens is 168 g/mol. The largest absolute Gasteiger partial charge is 0.337 e. The zero-order valence-electron chi connectivity index (χ0n) is 7.08. The predicted octanol–water partition coefficient (Wildman–Crippen LogP) is 0.797. The third kappa shape index (κ3) is 0.997. The van der Waals surface area contributed by atoms with Crippen LogP contribution in [0.2, 0.25) is 0 Å². The highest BCUT2D eigenvalue weighted by Crippen LogP contribution is 2.21. The molecule has 0 aromatic carbocycles. The number of anilines is 1. The van der Waals surface area contributed by atoms with Crippen LogP contribution < -0.4 is 9.47 Å². The van der Waals surface area contributed by atoms with Crippen molar-refractivity contribution in [2.75, 3.05) is 18.0 Å². The average molecular weight is 179 g/mol. The Balaban J connectivity index is 2.32. The van der Waals surface area contributed by atoms with Gasteiger partial charge in [0.15, 0.2) is 0 Å². The first kappa shape index (κ1) is 7.63. The molecule has 0 atom stereocenters. The topological polar surface area (TPSA) is 7.12 Å². The van der Waals surface area contributed by atoms with Gasteiger partial charge in [-0.05, 0) is 6.92 Å². The minimum Gasteiger partial charge on any atom is -0.237 e. The highest BCUT2D eigenvalue weighted by molar-refractivity contribution is 7.13. The first-order valence-electron chi connectivity index (χ1n) is 3.99. The first-order valence-corrected chi connectivity index (χ1v) is 4.87. The van der Waals surface area contributed by atoms with Crippen LogP contribution in [0.1, 0.15) is 5.69 Å². The van der Waals surface area contributed by atoms with Crippen LogP contribution in [0.3, 0.4) is 0 Å². The number of hydrogen-bond acceptors (Lipinski definition) is 2. The van der Waals surface area contributed by atoms with Crippen molar-refractivity contribution in [3.63, 3.8) is 0 Å². The summed E-state index contributed by atoms with van der Waals surface area (Å²) in [6.07, 6.45) is 5.28. The normalized spacial score (nSPS) is 14.5. The fraction of sp³-hybridized carbons (Fsp3) is 0.444. The molecule has 1 aliphatic rings. The van der Waals surface area contributed by atoms with E-state index in [0.717, 1.165) is 19.6 Å². The van der Waals surface area contributed by atoms with Crippen LogP contribution in [0.4, 0.5) is 5.13 Å². The van der Waals surface area contributed by atoms with Gasteiger partial charge in [0.1, 0.15) is 25.3 Å². The van der Waals surface area contributed by atoms with Crippen LogP contribution in [0.5, 0.6) is 0 Å². The fourth-order valence-electron chi connectivity index (χ4n) is 1.51. The van der Waals surface area contributed by atoms with Crippen LogP contribution in [-0.4, -0.2) is 13.1 Å². The van der Waals surface area contributed by atoms with Crippen molar-refractivity contribution in [2.24, 2.45) is 0 Å². The van der Waals surface area contributed by atoms with E-state index in [0.29, 0.717) is 0 Å². The lowest BCUT2D eigenvalue weighted by molar-refractivity contribution is -0.673. The summed E-state index contributed by atoms with van der Waals surface area (Å²) in [5.74, 6) is 2.68. The lowest BCUT2D eigenvalue weighted by Gasteiger charge is -2.01. The van der Waals surface area contributed by atoms with Crippen LogP contribution >= 0.6 is 11.3 Å². The van der Waals surface area contributed by atoms with Gasteiger partial charge in [-0.3, -0.25) is 0 Å².